The Hall–Kier alpha value is -1.07. The SMILES string of the molecule is CCOc1cc(CCBr)ccc1NC(=O)COC. The minimum absolute atomic E-state index is 0.0364. The summed E-state index contributed by atoms with van der Waals surface area (Å²) in [6, 6.07) is 5.79. The Bertz CT molecular complexity index is 396. The van der Waals surface area contributed by atoms with Gasteiger partial charge in [0.2, 0.25) is 5.91 Å². The molecule has 0 aliphatic carbocycles. The van der Waals surface area contributed by atoms with Crippen molar-refractivity contribution in [2.45, 2.75) is 13.3 Å². The van der Waals surface area contributed by atoms with Gasteiger partial charge in [-0.25, -0.2) is 0 Å². The molecule has 0 aliphatic rings. The number of anilines is 1. The molecule has 18 heavy (non-hydrogen) atoms. The molecule has 1 N–H and O–H groups in total. The number of amides is 1. The molecule has 0 spiro atoms. The van der Waals surface area contributed by atoms with Gasteiger partial charge >= 0.3 is 0 Å². The van der Waals surface area contributed by atoms with Gasteiger partial charge in [0.25, 0.3) is 0 Å². The molecule has 1 aromatic rings. The van der Waals surface area contributed by atoms with Crippen molar-refractivity contribution in [2.24, 2.45) is 0 Å². The molecule has 1 rings (SSSR count). The maximum absolute atomic E-state index is 11.5. The number of methoxy groups -OCH3 is 1. The van der Waals surface area contributed by atoms with Crippen LogP contribution in [0, 0.1) is 0 Å². The highest BCUT2D eigenvalue weighted by Crippen LogP contribution is 2.26. The van der Waals surface area contributed by atoms with E-state index in [1.165, 1.54) is 12.7 Å². The van der Waals surface area contributed by atoms with Crippen molar-refractivity contribution in [3.05, 3.63) is 23.8 Å². The zero-order valence-corrected chi connectivity index (χ0v) is 12.2. The number of carbonyl (C=O) groups is 1. The van der Waals surface area contributed by atoms with E-state index in [1.54, 1.807) is 0 Å². The van der Waals surface area contributed by atoms with Gasteiger partial charge in [-0.2, -0.15) is 0 Å². The number of benzene rings is 1. The lowest BCUT2D eigenvalue weighted by Crippen LogP contribution is -2.17. The average Bonchev–Trinajstić information content (AvgIpc) is 2.33. The molecule has 0 aliphatic heterocycles. The lowest BCUT2D eigenvalue weighted by atomic mass is 10.1. The van der Waals surface area contributed by atoms with Crippen LogP contribution in [0.15, 0.2) is 18.2 Å². The molecule has 0 unspecified atom stereocenters. The third-order valence-electron chi connectivity index (χ3n) is 2.28. The monoisotopic (exact) mass is 315 g/mol. The Morgan fingerprint density at radius 1 is 1.44 bits per heavy atom. The number of carbonyl (C=O) groups excluding carboxylic acids is 1. The summed E-state index contributed by atoms with van der Waals surface area (Å²) in [6.07, 6.45) is 0.923. The molecule has 1 amide bonds. The molecule has 4 nitrogen and oxygen atoms in total. The van der Waals surface area contributed by atoms with E-state index in [0.717, 1.165) is 11.8 Å². The zero-order valence-electron chi connectivity index (χ0n) is 10.7. The number of ether oxygens (including phenoxy) is 2. The first-order chi connectivity index (χ1) is 8.71. The molecule has 0 aromatic heterocycles. The van der Waals surface area contributed by atoms with Crippen LogP contribution in [0.2, 0.25) is 0 Å². The minimum atomic E-state index is -0.188. The van der Waals surface area contributed by atoms with E-state index in [0.29, 0.717) is 18.0 Å². The summed E-state index contributed by atoms with van der Waals surface area (Å²) in [5.41, 5.74) is 1.84. The third-order valence-corrected chi connectivity index (χ3v) is 2.68. The fourth-order valence-electron chi connectivity index (χ4n) is 1.53. The van der Waals surface area contributed by atoms with E-state index in [9.17, 15) is 4.79 Å². The second kappa shape index (κ2) is 8.11. The minimum Gasteiger partial charge on any atom is -0.492 e. The van der Waals surface area contributed by atoms with Crippen LogP contribution in [-0.2, 0) is 16.0 Å². The molecule has 0 saturated carbocycles. The fraction of sp³-hybridized carbons (Fsp3) is 0.462. The molecule has 1 aromatic carbocycles. The van der Waals surface area contributed by atoms with Crippen LogP contribution in [0.3, 0.4) is 0 Å². The highest BCUT2D eigenvalue weighted by molar-refractivity contribution is 9.09. The van der Waals surface area contributed by atoms with Gasteiger partial charge in [0.05, 0.1) is 12.3 Å². The van der Waals surface area contributed by atoms with Gasteiger partial charge in [-0.05, 0) is 31.0 Å². The van der Waals surface area contributed by atoms with Gasteiger partial charge in [-0.1, -0.05) is 22.0 Å². The van der Waals surface area contributed by atoms with Crippen molar-refractivity contribution in [1.82, 2.24) is 0 Å². The summed E-state index contributed by atoms with van der Waals surface area (Å²) < 4.78 is 10.3. The lowest BCUT2D eigenvalue weighted by Gasteiger charge is -2.12. The quantitative estimate of drug-likeness (QED) is 0.787. The van der Waals surface area contributed by atoms with Crippen LogP contribution in [0.1, 0.15) is 12.5 Å². The Labute approximate surface area is 116 Å². The summed E-state index contributed by atoms with van der Waals surface area (Å²) >= 11 is 3.40. The van der Waals surface area contributed by atoms with Gasteiger partial charge in [0, 0.05) is 12.4 Å². The van der Waals surface area contributed by atoms with Crippen molar-refractivity contribution in [2.75, 3.05) is 31.0 Å². The van der Waals surface area contributed by atoms with Gasteiger partial charge < -0.3 is 14.8 Å². The fourth-order valence-corrected chi connectivity index (χ4v) is 1.98. The van der Waals surface area contributed by atoms with Crippen LogP contribution >= 0.6 is 15.9 Å². The summed E-state index contributed by atoms with van der Waals surface area (Å²) in [5, 5.41) is 3.66. The first-order valence-corrected chi connectivity index (χ1v) is 6.93. The summed E-state index contributed by atoms with van der Waals surface area (Å²) in [5.74, 6) is 0.507. The predicted octanol–water partition coefficient (Wildman–Crippen LogP) is 2.61. The Morgan fingerprint density at radius 3 is 2.83 bits per heavy atom. The second-order valence-corrected chi connectivity index (χ2v) is 4.48. The van der Waals surface area contributed by atoms with Gasteiger partial charge in [-0.15, -0.1) is 0 Å². The second-order valence-electron chi connectivity index (χ2n) is 3.68. The number of hydrogen-bond acceptors (Lipinski definition) is 3. The summed E-state index contributed by atoms with van der Waals surface area (Å²) in [4.78, 5) is 11.5. The first-order valence-electron chi connectivity index (χ1n) is 5.81. The van der Waals surface area contributed by atoms with Crippen molar-refractivity contribution < 1.29 is 14.3 Å². The maximum atomic E-state index is 11.5. The molecule has 0 heterocycles. The van der Waals surface area contributed by atoms with Crippen molar-refractivity contribution in [1.29, 1.82) is 0 Å². The Kier molecular flexibility index (Phi) is 6.75. The van der Waals surface area contributed by atoms with Crippen LogP contribution in [0.5, 0.6) is 5.75 Å². The Morgan fingerprint density at radius 2 is 2.22 bits per heavy atom. The first kappa shape index (κ1) is 15.0. The number of alkyl halides is 1. The molecule has 0 fully saturated rings. The number of halogens is 1. The van der Waals surface area contributed by atoms with Crippen molar-refractivity contribution in [3.8, 4) is 5.75 Å². The summed E-state index contributed by atoms with van der Waals surface area (Å²) in [7, 11) is 1.49. The standard InChI is InChI=1S/C13H18BrNO3/c1-3-18-12-8-10(6-7-14)4-5-11(12)15-13(16)9-17-2/h4-5,8H,3,6-7,9H2,1-2H3,(H,15,16). The van der Waals surface area contributed by atoms with E-state index in [2.05, 4.69) is 21.2 Å². The normalized spacial score (nSPS) is 10.2. The maximum Gasteiger partial charge on any atom is 0.250 e. The van der Waals surface area contributed by atoms with Gasteiger partial charge in [-0.3, -0.25) is 4.79 Å². The number of nitrogens with one attached hydrogen (secondary N) is 1. The number of rotatable bonds is 7. The smallest absolute Gasteiger partial charge is 0.250 e. The highest BCUT2D eigenvalue weighted by Gasteiger charge is 2.08. The molecule has 0 bridgehead atoms. The molecule has 0 saturated heterocycles. The lowest BCUT2D eigenvalue weighted by molar-refractivity contribution is -0.119. The zero-order chi connectivity index (χ0) is 13.4. The van der Waals surface area contributed by atoms with Crippen LogP contribution in [0.4, 0.5) is 5.69 Å². The molecular weight excluding hydrogens is 298 g/mol. The molecule has 0 radical (unpaired) electrons. The molecular formula is C13H18BrNO3. The predicted molar refractivity (Wildman–Crippen MR) is 75.6 cm³/mol. The molecule has 5 heteroatoms. The largest absolute Gasteiger partial charge is 0.492 e. The van der Waals surface area contributed by atoms with Gasteiger partial charge in [0.15, 0.2) is 0 Å². The topological polar surface area (TPSA) is 47.6 Å². The van der Waals surface area contributed by atoms with Gasteiger partial charge in [0.1, 0.15) is 12.4 Å². The average molecular weight is 316 g/mol. The number of aryl methyl sites for hydroxylation is 1. The van der Waals surface area contributed by atoms with Crippen LogP contribution in [-0.4, -0.2) is 31.6 Å². The molecule has 100 valence electrons. The van der Waals surface area contributed by atoms with Crippen LogP contribution in [0.25, 0.3) is 0 Å². The van der Waals surface area contributed by atoms with Crippen molar-refractivity contribution in [3.63, 3.8) is 0 Å². The van der Waals surface area contributed by atoms with Crippen LogP contribution < -0.4 is 10.1 Å². The highest BCUT2D eigenvalue weighted by atomic mass is 79.9. The van der Waals surface area contributed by atoms with E-state index in [1.807, 2.05) is 25.1 Å². The third kappa shape index (κ3) is 4.66. The van der Waals surface area contributed by atoms with E-state index in [-0.39, 0.29) is 12.5 Å². The Balaban J connectivity index is 2.85. The van der Waals surface area contributed by atoms with E-state index < -0.39 is 0 Å². The summed E-state index contributed by atoms with van der Waals surface area (Å²) in [6.45, 7) is 2.51. The van der Waals surface area contributed by atoms with E-state index in [4.69, 9.17) is 9.47 Å². The number of hydrogen-bond donors (Lipinski definition) is 1. The molecule has 0 atom stereocenters. The van der Waals surface area contributed by atoms with Crippen molar-refractivity contribution >= 4 is 27.5 Å². The van der Waals surface area contributed by atoms with E-state index >= 15 is 0 Å².